The van der Waals surface area contributed by atoms with Gasteiger partial charge in [0.1, 0.15) is 0 Å². The second-order valence-corrected chi connectivity index (χ2v) is 4.23. The molecule has 2 rings (SSSR count). The molecule has 0 radical (unpaired) electrons. The molecule has 6 heteroatoms. The fourth-order valence-electron chi connectivity index (χ4n) is 1.54. The Morgan fingerprint density at radius 1 is 1.75 bits per heavy atom. The topological polar surface area (TPSA) is 104 Å². The third-order valence-electron chi connectivity index (χ3n) is 2.59. The lowest BCUT2D eigenvalue weighted by molar-refractivity contribution is 0.0920. The molecule has 6 nitrogen and oxygen atoms in total. The number of hydrogen-bond donors (Lipinski definition) is 4. The quantitative estimate of drug-likeness (QED) is 0.577. The van der Waals surface area contributed by atoms with Crippen molar-refractivity contribution in [3.63, 3.8) is 0 Å². The van der Waals surface area contributed by atoms with Crippen LogP contribution in [-0.2, 0) is 0 Å². The Labute approximate surface area is 93.2 Å². The van der Waals surface area contributed by atoms with Crippen LogP contribution in [0.25, 0.3) is 0 Å². The number of aromatic amines is 1. The average molecular weight is 224 g/mol. The molecule has 1 amide bonds. The number of carbonyl (C=O) groups is 1. The van der Waals surface area contributed by atoms with E-state index in [-0.39, 0.29) is 18.1 Å². The van der Waals surface area contributed by atoms with E-state index >= 15 is 0 Å². The molecule has 1 heterocycles. The summed E-state index contributed by atoms with van der Waals surface area (Å²) in [5, 5.41) is 18.3. The number of nitrogens with two attached hydrogens (primary N) is 1. The molecule has 0 bridgehead atoms. The number of hydrogen-bond acceptors (Lipinski definition) is 4. The maximum absolute atomic E-state index is 11.6. The zero-order chi connectivity index (χ0) is 11.7. The maximum Gasteiger partial charge on any atom is 0.274 e. The highest BCUT2D eigenvalue weighted by Crippen LogP contribution is 2.42. The third kappa shape index (κ3) is 2.16. The van der Waals surface area contributed by atoms with E-state index in [1.54, 1.807) is 6.92 Å². The molecule has 0 spiro atoms. The van der Waals surface area contributed by atoms with Gasteiger partial charge in [-0.3, -0.25) is 9.89 Å². The largest absolute Gasteiger partial charge is 0.395 e. The molecule has 1 atom stereocenters. The Bertz CT molecular complexity index is 396. The van der Waals surface area contributed by atoms with Crippen molar-refractivity contribution in [3.05, 3.63) is 11.4 Å². The Balaban J connectivity index is 2.05. The van der Waals surface area contributed by atoms with Gasteiger partial charge in [-0.25, -0.2) is 0 Å². The number of aliphatic hydroxyl groups excluding tert-OH is 1. The summed E-state index contributed by atoms with van der Waals surface area (Å²) in [5.74, 6) is 0.0902. The summed E-state index contributed by atoms with van der Waals surface area (Å²) in [6, 6.07) is 0. The van der Waals surface area contributed by atoms with Crippen molar-refractivity contribution in [1.29, 1.82) is 0 Å². The van der Waals surface area contributed by atoms with E-state index < -0.39 is 6.10 Å². The zero-order valence-electron chi connectivity index (χ0n) is 9.16. The molecule has 1 saturated carbocycles. The third-order valence-corrected chi connectivity index (χ3v) is 2.59. The highest BCUT2D eigenvalue weighted by Gasteiger charge is 2.30. The molecule has 1 fully saturated rings. The number of aromatic nitrogens is 2. The number of nitrogens with zero attached hydrogens (tertiary/aromatic N) is 1. The number of anilines is 1. The predicted molar refractivity (Wildman–Crippen MR) is 59.0 cm³/mol. The molecule has 0 aromatic carbocycles. The molecule has 1 aliphatic rings. The first-order valence-corrected chi connectivity index (χ1v) is 5.39. The summed E-state index contributed by atoms with van der Waals surface area (Å²) >= 11 is 0. The summed E-state index contributed by atoms with van der Waals surface area (Å²) in [6.07, 6.45) is 1.62. The Morgan fingerprint density at radius 3 is 3.00 bits per heavy atom. The SMILES string of the molecule is C[C@@H](O)CNC(=O)c1n[nH]c(C2CC2)c1N. The molecule has 5 N–H and O–H groups in total. The van der Waals surface area contributed by atoms with Crippen LogP contribution in [0.5, 0.6) is 0 Å². The lowest BCUT2D eigenvalue weighted by Gasteiger charge is -2.05. The molecule has 1 aliphatic carbocycles. The minimum atomic E-state index is -0.577. The Kier molecular flexibility index (Phi) is 2.82. The van der Waals surface area contributed by atoms with E-state index in [1.165, 1.54) is 0 Å². The summed E-state index contributed by atoms with van der Waals surface area (Å²) in [4.78, 5) is 11.6. The smallest absolute Gasteiger partial charge is 0.274 e. The average Bonchev–Trinajstić information content (AvgIpc) is 2.99. The van der Waals surface area contributed by atoms with Gasteiger partial charge < -0.3 is 16.2 Å². The summed E-state index contributed by atoms with van der Waals surface area (Å²) in [6.45, 7) is 1.80. The molecule has 0 aliphatic heterocycles. The van der Waals surface area contributed by atoms with Gasteiger partial charge in [-0.2, -0.15) is 5.10 Å². The minimum absolute atomic E-state index is 0.198. The molecular weight excluding hydrogens is 208 g/mol. The fraction of sp³-hybridized carbons (Fsp3) is 0.600. The number of nitrogen functional groups attached to an aromatic ring is 1. The zero-order valence-corrected chi connectivity index (χ0v) is 9.16. The van der Waals surface area contributed by atoms with Gasteiger partial charge in [-0.15, -0.1) is 0 Å². The Hall–Kier alpha value is -1.56. The van der Waals surface area contributed by atoms with E-state index in [1.807, 2.05) is 0 Å². The van der Waals surface area contributed by atoms with Crippen LogP contribution in [0.2, 0.25) is 0 Å². The summed E-state index contributed by atoms with van der Waals surface area (Å²) < 4.78 is 0. The molecule has 1 aromatic heterocycles. The van der Waals surface area contributed by atoms with Crippen molar-refractivity contribution in [3.8, 4) is 0 Å². The highest BCUT2D eigenvalue weighted by molar-refractivity contribution is 5.97. The van der Waals surface area contributed by atoms with E-state index in [0.29, 0.717) is 11.6 Å². The second-order valence-electron chi connectivity index (χ2n) is 4.23. The van der Waals surface area contributed by atoms with E-state index in [4.69, 9.17) is 10.8 Å². The number of rotatable bonds is 4. The normalized spacial score (nSPS) is 17.1. The van der Waals surface area contributed by atoms with Gasteiger partial charge in [-0.05, 0) is 19.8 Å². The number of H-pyrrole nitrogens is 1. The number of aliphatic hydroxyl groups is 1. The summed E-state index contributed by atoms with van der Waals surface area (Å²) in [5.41, 5.74) is 7.36. The standard InChI is InChI=1S/C10H16N4O2/c1-5(15)4-12-10(16)9-7(11)8(13-14-9)6-2-3-6/h5-6,15H,2-4,11H2,1H3,(H,12,16)(H,13,14)/t5-/m1/s1. The summed E-state index contributed by atoms with van der Waals surface area (Å²) in [7, 11) is 0. The van der Waals surface area contributed by atoms with Crippen molar-refractivity contribution >= 4 is 11.6 Å². The number of nitrogens with one attached hydrogen (secondary N) is 2. The predicted octanol–water partition coefficient (Wildman–Crippen LogP) is -0.0201. The van der Waals surface area contributed by atoms with Gasteiger partial charge >= 0.3 is 0 Å². The van der Waals surface area contributed by atoms with Crippen molar-refractivity contribution in [2.24, 2.45) is 0 Å². The maximum atomic E-state index is 11.6. The monoisotopic (exact) mass is 224 g/mol. The molecule has 0 saturated heterocycles. The van der Waals surface area contributed by atoms with Crippen LogP contribution >= 0.6 is 0 Å². The Morgan fingerprint density at radius 2 is 2.44 bits per heavy atom. The number of carbonyl (C=O) groups excluding carboxylic acids is 1. The van der Waals surface area contributed by atoms with Crippen LogP contribution < -0.4 is 11.1 Å². The van der Waals surface area contributed by atoms with Crippen molar-refractivity contribution in [2.75, 3.05) is 12.3 Å². The van der Waals surface area contributed by atoms with Gasteiger partial charge in [-0.1, -0.05) is 0 Å². The van der Waals surface area contributed by atoms with E-state index in [2.05, 4.69) is 15.5 Å². The van der Waals surface area contributed by atoms with Gasteiger partial charge in [0.05, 0.1) is 17.5 Å². The second kappa shape index (κ2) is 4.13. The minimum Gasteiger partial charge on any atom is -0.395 e. The van der Waals surface area contributed by atoms with E-state index in [9.17, 15) is 4.79 Å². The number of amides is 1. The van der Waals surface area contributed by atoms with Crippen LogP contribution in [0.1, 0.15) is 41.9 Å². The van der Waals surface area contributed by atoms with Crippen molar-refractivity contribution in [2.45, 2.75) is 31.8 Å². The van der Waals surface area contributed by atoms with Gasteiger partial charge in [0.25, 0.3) is 5.91 Å². The van der Waals surface area contributed by atoms with Crippen LogP contribution in [-0.4, -0.2) is 33.9 Å². The lowest BCUT2D eigenvalue weighted by Crippen LogP contribution is -2.31. The fourth-order valence-corrected chi connectivity index (χ4v) is 1.54. The van der Waals surface area contributed by atoms with Crippen LogP contribution in [0.3, 0.4) is 0 Å². The van der Waals surface area contributed by atoms with E-state index in [0.717, 1.165) is 18.5 Å². The molecule has 1 aromatic rings. The van der Waals surface area contributed by atoms with Gasteiger partial charge in [0.15, 0.2) is 5.69 Å². The highest BCUT2D eigenvalue weighted by atomic mass is 16.3. The molecule has 88 valence electrons. The van der Waals surface area contributed by atoms with Gasteiger partial charge in [0, 0.05) is 12.5 Å². The first-order chi connectivity index (χ1) is 7.59. The first kappa shape index (κ1) is 10.9. The first-order valence-electron chi connectivity index (χ1n) is 5.39. The molecular formula is C10H16N4O2. The van der Waals surface area contributed by atoms with Crippen molar-refractivity contribution in [1.82, 2.24) is 15.5 Å². The van der Waals surface area contributed by atoms with Crippen LogP contribution in [0.15, 0.2) is 0 Å². The molecule has 0 unspecified atom stereocenters. The van der Waals surface area contributed by atoms with Crippen LogP contribution in [0.4, 0.5) is 5.69 Å². The van der Waals surface area contributed by atoms with Crippen molar-refractivity contribution < 1.29 is 9.90 Å². The van der Waals surface area contributed by atoms with Crippen LogP contribution in [0, 0.1) is 0 Å². The van der Waals surface area contributed by atoms with Gasteiger partial charge in [0.2, 0.25) is 0 Å². The molecule has 16 heavy (non-hydrogen) atoms. The lowest BCUT2D eigenvalue weighted by atomic mass is 10.2.